The van der Waals surface area contributed by atoms with Crippen molar-refractivity contribution in [1.82, 2.24) is 0 Å². The molecule has 0 fully saturated rings. The Morgan fingerprint density at radius 1 is 0.778 bits per heavy atom. The molecule has 3 aromatic rings. The fraction of sp³-hybridized carbons (Fsp3) is 0.280. The number of nitrogens with two attached hydrogens (primary N) is 1. The van der Waals surface area contributed by atoms with Gasteiger partial charge in [-0.25, -0.2) is 0 Å². The van der Waals surface area contributed by atoms with E-state index in [-0.39, 0.29) is 0 Å². The third-order valence-corrected chi connectivity index (χ3v) is 5.14. The predicted molar refractivity (Wildman–Crippen MR) is 112 cm³/mol. The van der Waals surface area contributed by atoms with E-state index in [4.69, 9.17) is 4.74 Å². The standard InChI is InChI=1S/C25H29NO/c1-20(19-21-13-15-24(27-2)16-14-21)26-18-17-25(22-9-5-3-6-10-22)23-11-7-4-8-12-23/h3-16,20,25-26H,17-19H2,1-2H3/p+1/t20-/m0/s1. The highest BCUT2D eigenvalue weighted by atomic mass is 16.5. The van der Waals surface area contributed by atoms with E-state index in [9.17, 15) is 0 Å². The van der Waals surface area contributed by atoms with Crippen LogP contribution < -0.4 is 10.1 Å². The number of hydrogen-bond donors (Lipinski definition) is 1. The minimum absolute atomic E-state index is 0.455. The van der Waals surface area contributed by atoms with Crippen LogP contribution in [0, 0.1) is 0 Å². The fourth-order valence-electron chi connectivity index (χ4n) is 3.66. The summed E-state index contributed by atoms with van der Waals surface area (Å²) >= 11 is 0. The van der Waals surface area contributed by atoms with Crippen LogP contribution in [0.4, 0.5) is 0 Å². The average molecular weight is 361 g/mol. The highest BCUT2D eigenvalue weighted by Crippen LogP contribution is 2.27. The summed E-state index contributed by atoms with van der Waals surface area (Å²) in [6.45, 7) is 3.43. The number of rotatable bonds is 9. The van der Waals surface area contributed by atoms with E-state index in [1.54, 1.807) is 7.11 Å². The third kappa shape index (κ3) is 5.70. The first kappa shape index (κ1) is 19.2. The van der Waals surface area contributed by atoms with Crippen molar-refractivity contribution in [2.45, 2.75) is 31.7 Å². The SMILES string of the molecule is COc1ccc(C[C@H](C)[NH2+]CCC(c2ccccc2)c2ccccc2)cc1. The first-order valence-electron chi connectivity index (χ1n) is 9.82. The summed E-state index contributed by atoms with van der Waals surface area (Å²) in [4.78, 5) is 0. The molecular weight excluding hydrogens is 330 g/mol. The van der Waals surface area contributed by atoms with Crippen LogP contribution in [-0.4, -0.2) is 19.7 Å². The Morgan fingerprint density at radius 2 is 1.33 bits per heavy atom. The Bertz CT molecular complexity index is 744. The van der Waals surface area contributed by atoms with Crippen LogP contribution in [0.15, 0.2) is 84.9 Å². The fourth-order valence-corrected chi connectivity index (χ4v) is 3.66. The van der Waals surface area contributed by atoms with E-state index in [1.165, 1.54) is 16.7 Å². The van der Waals surface area contributed by atoms with Gasteiger partial charge in [0.05, 0.1) is 19.7 Å². The molecule has 0 heterocycles. The molecule has 0 unspecified atom stereocenters. The summed E-state index contributed by atoms with van der Waals surface area (Å²) in [6, 6.07) is 30.7. The molecule has 0 spiro atoms. The summed E-state index contributed by atoms with van der Waals surface area (Å²) in [5.41, 5.74) is 4.17. The third-order valence-electron chi connectivity index (χ3n) is 5.14. The van der Waals surface area contributed by atoms with Gasteiger partial charge in [-0.3, -0.25) is 0 Å². The second-order valence-corrected chi connectivity index (χ2v) is 7.22. The normalized spacial score (nSPS) is 12.1. The van der Waals surface area contributed by atoms with Gasteiger partial charge in [0, 0.05) is 18.8 Å². The molecule has 3 aromatic carbocycles. The zero-order valence-electron chi connectivity index (χ0n) is 16.3. The van der Waals surface area contributed by atoms with E-state index >= 15 is 0 Å². The molecule has 0 saturated heterocycles. The average Bonchev–Trinajstić information content (AvgIpc) is 2.73. The highest BCUT2D eigenvalue weighted by Gasteiger charge is 2.15. The van der Waals surface area contributed by atoms with Gasteiger partial charge < -0.3 is 10.1 Å². The largest absolute Gasteiger partial charge is 0.497 e. The molecule has 2 N–H and O–H groups in total. The monoisotopic (exact) mass is 360 g/mol. The zero-order chi connectivity index (χ0) is 18.9. The summed E-state index contributed by atoms with van der Waals surface area (Å²) in [5, 5.41) is 2.48. The molecule has 0 aliphatic heterocycles. The van der Waals surface area contributed by atoms with Crippen LogP contribution in [0.2, 0.25) is 0 Å². The van der Waals surface area contributed by atoms with Crippen LogP contribution in [0.1, 0.15) is 36.0 Å². The number of benzene rings is 3. The van der Waals surface area contributed by atoms with Crippen LogP contribution in [-0.2, 0) is 6.42 Å². The van der Waals surface area contributed by atoms with Gasteiger partial charge in [-0.1, -0.05) is 72.8 Å². The molecule has 0 aliphatic rings. The Balaban J connectivity index is 1.57. The molecule has 2 heteroatoms. The number of methoxy groups -OCH3 is 1. The summed E-state index contributed by atoms with van der Waals surface area (Å²) in [7, 11) is 1.71. The zero-order valence-corrected chi connectivity index (χ0v) is 16.3. The van der Waals surface area contributed by atoms with Gasteiger partial charge in [0.1, 0.15) is 5.75 Å². The van der Waals surface area contributed by atoms with Gasteiger partial charge >= 0.3 is 0 Å². The quantitative estimate of drug-likeness (QED) is 0.601. The van der Waals surface area contributed by atoms with Crippen LogP contribution >= 0.6 is 0 Å². The summed E-state index contributed by atoms with van der Waals surface area (Å²) in [6.07, 6.45) is 2.21. The van der Waals surface area contributed by atoms with Crippen molar-refractivity contribution >= 4 is 0 Å². The first-order valence-corrected chi connectivity index (χ1v) is 9.82. The molecule has 140 valence electrons. The van der Waals surface area contributed by atoms with Gasteiger partial charge in [0.25, 0.3) is 0 Å². The molecular formula is C25H30NO+. The minimum atomic E-state index is 0.455. The van der Waals surface area contributed by atoms with E-state index < -0.39 is 0 Å². The van der Waals surface area contributed by atoms with Gasteiger partial charge in [0.2, 0.25) is 0 Å². The summed E-state index contributed by atoms with van der Waals surface area (Å²) < 4.78 is 5.24. The van der Waals surface area contributed by atoms with Crippen molar-refractivity contribution in [3.63, 3.8) is 0 Å². The highest BCUT2D eigenvalue weighted by molar-refractivity contribution is 5.32. The first-order chi connectivity index (χ1) is 13.3. The molecule has 27 heavy (non-hydrogen) atoms. The molecule has 2 nitrogen and oxygen atoms in total. The molecule has 0 saturated carbocycles. The number of quaternary nitrogens is 1. The van der Waals surface area contributed by atoms with Gasteiger partial charge in [-0.2, -0.15) is 0 Å². The molecule has 0 aromatic heterocycles. The lowest BCUT2D eigenvalue weighted by Gasteiger charge is -2.19. The maximum atomic E-state index is 5.24. The number of ether oxygens (including phenoxy) is 1. The van der Waals surface area contributed by atoms with Crippen LogP contribution in [0.3, 0.4) is 0 Å². The Morgan fingerprint density at radius 3 is 1.85 bits per heavy atom. The van der Waals surface area contributed by atoms with E-state index in [0.717, 1.165) is 25.1 Å². The molecule has 3 rings (SSSR count). The summed E-state index contributed by atoms with van der Waals surface area (Å²) in [5.74, 6) is 1.38. The van der Waals surface area contributed by atoms with Crippen LogP contribution in [0.5, 0.6) is 5.75 Å². The molecule has 0 radical (unpaired) electrons. The Labute approximate surface area is 163 Å². The molecule has 0 amide bonds. The molecule has 1 atom stereocenters. The Kier molecular flexibility index (Phi) is 7.06. The Hall–Kier alpha value is -2.58. The van der Waals surface area contributed by atoms with Crippen molar-refractivity contribution in [1.29, 1.82) is 0 Å². The molecule has 0 aliphatic carbocycles. The van der Waals surface area contributed by atoms with E-state index in [2.05, 4.69) is 85.0 Å². The maximum Gasteiger partial charge on any atom is 0.118 e. The van der Waals surface area contributed by atoms with E-state index in [0.29, 0.717) is 12.0 Å². The van der Waals surface area contributed by atoms with Crippen molar-refractivity contribution in [2.24, 2.45) is 0 Å². The topological polar surface area (TPSA) is 25.8 Å². The van der Waals surface area contributed by atoms with Crippen molar-refractivity contribution in [2.75, 3.05) is 13.7 Å². The van der Waals surface area contributed by atoms with Gasteiger partial charge in [0.15, 0.2) is 0 Å². The maximum absolute atomic E-state index is 5.24. The van der Waals surface area contributed by atoms with E-state index in [1.807, 2.05) is 12.1 Å². The van der Waals surface area contributed by atoms with Gasteiger partial charge in [-0.05, 0) is 35.7 Å². The predicted octanol–water partition coefficient (Wildman–Crippen LogP) is 4.41. The van der Waals surface area contributed by atoms with Crippen molar-refractivity contribution < 1.29 is 10.1 Å². The van der Waals surface area contributed by atoms with Gasteiger partial charge in [-0.15, -0.1) is 0 Å². The lowest BCUT2D eigenvalue weighted by molar-refractivity contribution is -0.686. The van der Waals surface area contributed by atoms with Crippen LogP contribution in [0.25, 0.3) is 0 Å². The van der Waals surface area contributed by atoms with Crippen molar-refractivity contribution in [3.05, 3.63) is 102 Å². The molecule has 0 bridgehead atoms. The lowest BCUT2D eigenvalue weighted by atomic mass is 9.88. The second-order valence-electron chi connectivity index (χ2n) is 7.22. The van der Waals surface area contributed by atoms with Crippen molar-refractivity contribution in [3.8, 4) is 5.75 Å². The number of hydrogen-bond acceptors (Lipinski definition) is 1. The smallest absolute Gasteiger partial charge is 0.118 e. The second kappa shape index (κ2) is 9.94. The minimum Gasteiger partial charge on any atom is -0.497 e. The lowest BCUT2D eigenvalue weighted by Crippen LogP contribution is -2.89.